The lowest BCUT2D eigenvalue weighted by Gasteiger charge is -2.50. The van der Waals surface area contributed by atoms with E-state index in [0.29, 0.717) is 16.7 Å². The summed E-state index contributed by atoms with van der Waals surface area (Å²) in [5.41, 5.74) is 3.30. The number of carbonyl (C=O) groups is 3. The van der Waals surface area contributed by atoms with E-state index in [4.69, 9.17) is 5.73 Å². The van der Waals surface area contributed by atoms with Crippen LogP contribution in [0.5, 0.6) is 5.75 Å². The number of allylic oxidation sites excluding steroid dienone is 1. The maximum atomic E-state index is 13.6. The third-order valence-corrected chi connectivity index (χ3v) is 7.29. The summed E-state index contributed by atoms with van der Waals surface area (Å²) in [4.78, 5) is 40.3. The second kappa shape index (κ2) is 8.33. The number of ketones is 2. The van der Waals surface area contributed by atoms with E-state index in [1.807, 2.05) is 0 Å². The SMILES string of the molecule is C/C(=C\c1ccc(O)c2c1CC1CC3C(N(C)C)C(O)=C(C(N)=O)C(=O)C3(O)C(O)=C1C2=O)CO. The van der Waals surface area contributed by atoms with Gasteiger partial charge in [0.05, 0.1) is 18.2 Å². The fourth-order valence-electron chi connectivity index (χ4n) is 5.72. The molecule has 1 aromatic rings. The molecule has 4 atom stereocenters. The van der Waals surface area contributed by atoms with Gasteiger partial charge in [0, 0.05) is 11.5 Å². The van der Waals surface area contributed by atoms with Crippen LogP contribution in [0.3, 0.4) is 0 Å². The third kappa shape index (κ3) is 3.40. The monoisotopic (exact) mass is 484 g/mol. The molecule has 0 saturated carbocycles. The highest BCUT2D eigenvalue weighted by molar-refractivity contribution is 6.24. The van der Waals surface area contributed by atoms with Gasteiger partial charge in [-0.1, -0.05) is 12.1 Å². The Kier molecular flexibility index (Phi) is 5.87. The van der Waals surface area contributed by atoms with Crippen LogP contribution in [-0.4, -0.2) is 80.3 Å². The molecule has 10 heteroatoms. The minimum Gasteiger partial charge on any atom is -0.510 e. The van der Waals surface area contributed by atoms with Crippen molar-refractivity contribution in [2.75, 3.05) is 20.7 Å². The van der Waals surface area contributed by atoms with Crippen molar-refractivity contribution in [3.05, 3.63) is 57.1 Å². The summed E-state index contributed by atoms with van der Waals surface area (Å²) in [6.07, 6.45) is 1.90. The summed E-state index contributed by atoms with van der Waals surface area (Å²) >= 11 is 0. The van der Waals surface area contributed by atoms with Gasteiger partial charge in [-0.3, -0.25) is 19.3 Å². The number of nitrogens with two attached hydrogens (primary N) is 1. The summed E-state index contributed by atoms with van der Waals surface area (Å²) in [5, 5.41) is 53.5. The number of phenols is 1. The Labute approximate surface area is 201 Å². The molecule has 1 amide bonds. The molecule has 0 aromatic heterocycles. The summed E-state index contributed by atoms with van der Waals surface area (Å²) in [5.74, 6) is -6.84. The molecule has 4 rings (SSSR count). The predicted octanol–water partition coefficient (Wildman–Crippen LogP) is 0.516. The fourth-order valence-corrected chi connectivity index (χ4v) is 5.72. The number of likely N-dealkylation sites (N-methyl/N-ethyl adjacent to an activating group) is 1. The molecule has 3 aliphatic rings. The molecule has 0 saturated heterocycles. The first-order chi connectivity index (χ1) is 16.4. The number of aliphatic hydroxyl groups excluding tert-OH is 3. The maximum Gasteiger partial charge on any atom is 0.255 e. The third-order valence-electron chi connectivity index (χ3n) is 7.29. The number of Topliss-reactive ketones (excluding diaryl/α,β-unsaturated/α-hetero) is 2. The number of aliphatic hydroxyl groups is 4. The maximum absolute atomic E-state index is 13.6. The Morgan fingerprint density at radius 2 is 1.89 bits per heavy atom. The van der Waals surface area contributed by atoms with Gasteiger partial charge in [-0.05, 0) is 62.5 Å². The van der Waals surface area contributed by atoms with Crippen molar-refractivity contribution in [1.82, 2.24) is 4.90 Å². The summed E-state index contributed by atoms with van der Waals surface area (Å²) < 4.78 is 0. The number of primary amides is 1. The van der Waals surface area contributed by atoms with Crippen LogP contribution in [0, 0.1) is 11.8 Å². The number of rotatable bonds is 4. The van der Waals surface area contributed by atoms with Crippen LogP contribution in [0.1, 0.15) is 34.8 Å². The quantitative estimate of drug-likeness (QED) is 0.332. The van der Waals surface area contributed by atoms with Gasteiger partial charge in [0.15, 0.2) is 11.4 Å². The molecule has 186 valence electrons. The zero-order chi connectivity index (χ0) is 26.0. The van der Waals surface area contributed by atoms with Crippen LogP contribution in [0.4, 0.5) is 0 Å². The molecule has 4 unspecified atom stereocenters. The number of amides is 1. The lowest BCUT2D eigenvalue weighted by atomic mass is 9.58. The summed E-state index contributed by atoms with van der Waals surface area (Å²) in [6, 6.07) is 1.90. The fraction of sp³-hybridized carbons (Fsp3) is 0.400. The van der Waals surface area contributed by atoms with Gasteiger partial charge < -0.3 is 31.3 Å². The van der Waals surface area contributed by atoms with Crippen LogP contribution >= 0.6 is 0 Å². The van der Waals surface area contributed by atoms with E-state index >= 15 is 0 Å². The average molecular weight is 485 g/mol. The Morgan fingerprint density at radius 1 is 1.23 bits per heavy atom. The molecule has 1 aromatic carbocycles. The molecule has 10 nitrogen and oxygen atoms in total. The van der Waals surface area contributed by atoms with Crippen molar-refractivity contribution in [3.8, 4) is 5.75 Å². The summed E-state index contributed by atoms with van der Waals surface area (Å²) in [7, 11) is 3.15. The highest BCUT2D eigenvalue weighted by atomic mass is 16.3. The van der Waals surface area contributed by atoms with Gasteiger partial charge in [0.25, 0.3) is 5.91 Å². The van der Waals surface area contributed by atoms with Crippen molar-refractivity contribution in [2.24, 2.45) is 17.6 Å². The van der Waals surface area contributed by atoms with Crippen molar-refractivity contribution >= 4 is 23.5 Å². The number of hydrogen-bond donors (Lipinski definition) is 6. The van der Waals surface area contributed by atoms with E-state index in [-0.39, 0.29) is 36.3 Å². The second-order valence-corrected chi connectivity index (χ2v) is 9.64. The Morgan fingerprint density at radius 3 is 2.46 bits per heavy atom. The number of phenolic OH excluding ortho intramolecular Hbond substituents is 1. The molecule has 7 N–H and O–H groups in total. The molecular weight excluding hydrogens is 456 g/mol. The van der Waals surface area contributed by atoms with Gasteiger partial charge in [0.2, 0.25) is 5.78 Å². The van der Waals surface area contributed by atoms with Gasteiger partial charge in [0.1, 0.15) is 22.8 Å². The number of fused-ring (bicyclic) bond motifs is 3. The van der Waals surface area contributed by atoms with Crippen LogP contribution in [0.15, 0.2) is 40.4 Å². The van der Waals surface area contributed by atoms with Crippen molar-refractivity contribution in [1.29, 1.82) is 0 Å². The highest BCUT2D eigenvalue weighted by Crippen LogP contribution is 2.52. The molecule has 0 fully saturated rings. The number of aromatic hydroxyl groups is 1. The Bertz CT molecular complexity index is 1260. The van der Waals surface area contributed by atoms with Gasteiger partial charge in [-0.15, -0.1) is 0 Å². The van der Waals surface area contributed by atoms with E-state index in [9.17, 15) is 39.9 Å². The van der Waals surface area contributed by atoms with Crippen molar-refractivity contribution < 1.29 is 39.9 Å². The molecule has 35 heavy (non-hydrogen) atoms. The lowest BCUT2D eigenvalue weighted by Crippen LogP contribution is -2.63. The molecule has 0 radical (unpaired) electrons. The minimum absolute atomic E-state index is 0.0174. The second-order valence-electron chi connectivity index (χ2n) is 9.64. The largest absolute Gasteiger partial charge is 0.510 e. The van der Waals surface area contributed by atoms with Crippen LogP contribution in [0.2, 0.25) is 0 Å². The standard InChI is InChI=1S/C25H28N2O8/c1-10(9-28)6-11-4-5-15(29)17-13(11)7-12-8-14-19(27(2)3)21(31)18(24(26)34)23(33)25(14,35)22(32)16(12)20(17)30/h4-6,12,14,19,28-29,31-32,35H,7-9H2,1-3H3,(H2,26,34)/b10-6+. The molecule has 0 heterocycles. The topological polar surface area (TPSA) is 182 Å². The van der Waals surface area contributed by atoms with E-state index in [1.54, 1.807) is 33.2 Å². The Balaban J connectivity index is 1.96. The molecular formula is C25H28N2O8. The molecule has 3 aliphatic carbocycles. The number of benzene rings is 1. The molecule has 0 aliphatic heterocycles. The van der Waals surface area contributed by atoms with E-state index in [0.717, 1.165) is 0 Å². The van der Waals surface area contributed by atoms with Crippen LogP contribution < -0.4 is 5.73 Å². The van der Waals surface area contributed by atoms with Gasteiger partial charge in [-0.2, -0.15) is 0 Å². The normalized spacial score (nSPS) is 28.7. The van der Waals surface area contributed by atoms with Crippen LogP contribution in [0.25, 0.3) is 6.08 Å². The number of hydrogen-bond acceptors (Lipinski definition) is 9. The van der Waals surface area contributed by atoms with E-state index < -0.39 is 58.0 Å². The first-order valence-corrected chi connectivity index (χ1v) is 11.1. The molecule has 0 spiro atoms. The van der Waals surface area contributed by atoms with Crippen LogP contribution in [-0.2, 0) is 16.0 Å². The smallest absolute Gasteiger partial charge is 0.255 e. The summed E-state index contributed by atoms with van der Waals surface area (Å²) in [6.45, 7) is 1.51. The van der Waals surface area contributed by atoms with Crippen molar-refractivity contribution in [2.45, 2.75) is 31.4 Å². The Hall–Kier alpha value is -3.47. The van der Waals surface area contributed by atoms with E-state index in [1.165, 1.54) is 11.0 Å². The minimum atomic E-state index is -2.66. The average Bonchev–Trinajstić information content (AvgIpc) is 2.77. The highest BCUT2D eigenvalue weighted by Gasteiger charge is 2.63. The zero-order valence-corrected chi connectivity index (χ0v) is 19.6. The van der Waals surface area contributed by atoms with Gasteiger partial charge in [-0.25, -0.2) is 0 Å². The number of carbonyl (C=O) groups excluding carboxylic acids is 3. The van der Waals surface area contributed by atoms with Gasteiger partial charge >= 0.3 is 0 Å². The molecule has 0 bridgehead atoms. The number of nitrogens with zero attached hydrogens (tertiary/aromatic N) is 1. The first-order valence-electron chi connectivity index (χ1n) is 11.1. The first kappa shape index (κ1) is 24.6. The van der Waals surface area contributed by atoms with E-state index in [2.05, 4.69) is 0 Å². The zero-order valence-electron chi connectivity index (χ0n) is 19.6. The van der Waals surface area contributed by atoms with Crippen molar-refractivity contribution in [3.63, 3.8) is 0 Å². The lowest BCUT2D eigenvalue weighted by molar-refractivity contribution is -0.148. The predicted molar refractivity (Wildman–Crippen MR) is 124 cm³/mol.